The summed E-state index contributed by atoms with van der Waals surface area (Å²) in [5, 5.41) is -0.517. The molecule has 1 unspecified atom stereocenters. The molecule has 2 nitrogen and oxygen atoms in total. The Hall–Kier alpha value is -0.670. The SMILES string of the molecule is CCOC(=O)C(CC(C)C)SCCCCC(F)(F)C(F)(F)C(F)(F)F. The van der Waals surface area contributed by atoms with E-state index in [9.17, 15) is 35.5 Å². The number of halogens is 7. The van der Waals surface area contributed by atoms with Crippen LogP contribution in [0.1, 0.15) is 46.5 Å². The second kappa shape index (κ2) is 9.87. The van der Waals surface area contributed by atoms with Crippen LogP contribution in [0.15, 0.2) is 0 Å². The molecule has 10 heteroatoms. The maximum absolute atomic E-state index is 13.1. The highest BCUT2D eigenvalue weighted by atomic mass is 32.2. The van der Waals surface area contributed by atoms with Crippen molar-refractivity contribution in [1.29, 1.82) is 0 Å². The minimum absolute atomic E-state index is 0.0117. The van der Waals surface area contributed by atoms with E-state index in [4.69, 9.17) is 4.74 Å². The van der Waals surface area contributed by atoms with Gasteiger partial charge in [0.05, 0.1) is 6.61 Å². The minimum Gasteiger partial charge on any atom is -0.465 e. The summed E-state index contributed by atoms with van der Waals surface area (Å²) in [6.07, 6.45) is -7.90. The predicted octanol–water partition coefficient (Wildman–Crippen LogP) is 5.70. The molecule has 0 aliphatic carbocycles. The molecular formula is C15H23F7O2S. The molecule has 0 aromatic rings. The Balaban J connectivity index is 4.44. The van der Waals surface area contributed by atoms with Gasteiger partial charge in [0.25, 0.3) is 0 Å². The van der Waals surface area contributed by atoms with Crippen molar-refractivity contribution in [3.8, 4) is 0 Å². The first-order chi connectivity index (χ1) is 11.3. The van der Waals surface area contributed by atoms with Crippen LogP contribution in [-0.4, -0.2) is 41.6 Å². The lowest BCUT2D eigenvalue weighted by Crippen LogP contribution is -2.51. The minimum atomic E-state index is -6.29. The van der Waals surface area contributed by atoms with Crippen molar-refractivity contribution in [3.63, 3.8) is 0 Å². The number of alkyl halides is 7. The Morgan fingerprint density at radius 3 is 2.04 bits per heavy atom. The number of ether oxygens (including phenoxy) is 1. The Bertz CT molecular complexity index is 411. The number of hydrogen-bond donors (Lipinski definition) is 0. The van der Waals surface area contributed by atoms with Crippen molar-refractivity contribution in [3.05, 3.63) is 0 Å². The number of hydrogen-bond acceptors (Lipinski definition) is 3. The van der Waals surface area contributed by atoms with Gasteiger partial charge in [0.15, 0.2) is 0 Å². The quantitative estimate of drug-likeness (QED) is 0.253. The van der Waals surface area contributed by atoms with E-state index >= 15 is 0 Å². The molecule has 0 aliphatic heterocycles. The van der Waals surface area contributed by atoms with Gasteiger partial charge in [-0.05, 0) is 37.9 Å². The van der Waals surface area contributed by atoms with Gasteiger partial charge in [-0.25, -0.2) is 0 Å². The molecule has 0 heterocycles. The number of carbonyl (C=O) groups is 1. The molecular weight excluding hydrogens is 377 g/mol. The highest BCUT2D eigenvalue weighted by Gasteiger charge is 2.72. The van der Waals surface area contributed by atoms with Crippen LogP contribution in [0.25, 0.3) is 0 Å². The molecule has 0 amide bonds. The molecule has 0 spiro atoms. The van der Waals surface area contributed by atoms with Crippen molar-refractivity contribution in [2.75, 3.05) is 12.4 Å². The van der Waals surface area contributed by atoms with E-state index in [0.717, 1.165) is 11.8 Å². The number of thioether (sulfide) groups is 1. The maximum Gasteiger partial charge on any atom is 0.459 e. The van der Waals surface area contributed by atoms with Crippen LogP contribution in [0.2, 0.25) is 0 Å². The first-order valence-electron chi connectivity index (χ1n) is 7.86. The van der Waals surface area contributed by atoms with Gasteiger partial charge in [-0.1, -0.05) is 13.8 Å². The van der Waals surface area contributed by atoms with E-state index in [1.54, 1.807) is 6.92 Å². The first-order valence-corrected chi connectivity index (χ1v) is 8.91. The molecule has 0 aromatic carbocycles. The topological polar surface area (TPSA) is 26.3 Å². The zero-order valence-electron chi connectivity index (χ0n) is 14.3. The first kappa shape index (κ1) is 24.3. The van der Waals surface area contributed by atoms with Crippen molar-refractivity contribution >= 4 is 17.7 Å². The monoisotopic (exact) mass is 400 g/mol. The molecule has 0 N–H and O–H groups in total. The summed E-state index contributed by atoms with van der Waals surface area (Å²) in [6, 6.07) is 0. The average Bonchev–Trinajstić information content (AvgIpc) is 2.44. The highest BCUT2D eigenvalue weighted by molar-refractivity contribution is 8.00. The molecule has 0 aromatic heterocycles. The van der Waals surface area contributed by atoms with Crippen LogP contribution in [0.3, 0.4) is 0 Å². The summed E-state index contributed by atoms with van der Waals surface area (Å²) in [5.41, 5.74) is 0. The summed E-state index contributed by atoms with van der Waals surface area (Å²) in [6.45, 7) is 5.59. The van der Waals surface area contributed by atoms with Crippen LogP contribution < -0.4 is 0 Å². The second-order valence-corrected chi connectivity index (χ2v) is 7.29. The van der Waals surface area contributed by atoms with Crippen LogP contribution in [0.5, 0.6) is 0 Å². The fourth-order valence-electron chi connectivity index (χ4n) is 1.93. The van der Waals surface area contributed by atoms with E-state index in [0.29, 0.717) is 6.42 Å². The smallest absolute Gasteiger partial charge is 0.459 e. The fourth-order valence-corrected chi connectivity index (χ4v) is 3.32. The summed E-state index contributed by atoms with van der Waals surface area (Å²) in [4.78, 5) is 11.8. The lowest BCUT2D eigenvalue weighted by atomic mass is 10.0. The molecule has 0 rings (SSSR count). The molecule has 0 saturated heterocycles. The zero-order chi connectivity index (χ0) is 19.9. The zero-order valence-corrected chi connectivity index (χ0v) is 15.1. The van der Waals surface area contributed by atoms with E-state index in [-0.39, 0.29) is 24.7 Å². The largest absolute Gasteiger partial charge is 0.465 e. The third kappa shape index (κ3) is 7.62. The van der Waals surface area contributed by atoms with Gasteiger partial charge >= 0.3 is 24.0 Å². The van der Waals surface area contributed by atoms with Gasteiger partial charge < -0.3 is 4.74 Å². The van der Waals surface area contributed by atoms with Crippen molar-refractivity contribution in [2.45, 2.75) is 69.7 Å². The normalized spacial score (nSPS) is 14.7. The Morgan fingerprint density at radius 1 is 1.04 bits per heavy atom. The molecule has 0 aliphatic rings. The van der Waals surface area contributed by atoms with Crippen molar-refractivity contribution in [2.24, 2.45) is 5.92 Å². The lowest BCUT2D eigenvalue weighted by molar-refractivity contribution is -0.355. The summed E-state index contributed by atoms with van der Waals surface area (Å²) in [7, 11) is 0. The van der Waals surface area contributed by atoms with Gasteiger partial charge in [0.1, 0.15) is 5.25 Å². The predicted molar refractivity (Wildman–Crippen MR) is 82.1 cm³/mol. The molecule has 0 fully saturated rings. The summed E-state index contributed by atoms with van der Waals surface area (Å²) in [5.74, 6) is -11.3. The van der Waals surface area contributed by atoms with Gasteiger partial charge in [0.2, 0.25) is 0 Å². The van der Waals surface area contributed by atoms with Gasteiger partial charge in [-0.15, -0.1) is 11.8 Å². The highest BCUT2D eigenvalue weighted by Crippen LogP contribution is 2.48. The molecule has 0 bridgehead atoms. The van der Waals surface area contributed by atoms with E-state index in [2.05, 4.69) is 0 Å². The third-order valence-electron chi connectivity index (χ3n) is 3.25. The van der Waals surface area contributed by atoms with E-state index < -0.39 is 42.1 Å². The Labute approximate surface area is 146 Å². The molecule has 25 heavy (non-hydrogen) atoms. The Morgan fingerprint density at radius 2 is 1.60 bits per heavy atom. The third-order valence-corrected chi connectivity index (χ3v) is 4.57. The fraction of sp³-hybridized carbons (Fsp3) is 0.933. The maximum atomic E-state index is 13.1. The second-order valence-electron chi connectivity index (χ2n) is 5.97. The summed E-state index contributed by atoms with van der Waals surface area (Å²) < 4.78 is 92.7. The van der Waals surface area contributed by atoms with Crippen LogP contribution in [0, 0.1) is 5.92 Å². The van der Waals surface area contributed by atoms with Crippen LogP contribution in [0.4, 0.5) is 30.7 Å². The van der Waals surface area contributed by atoms with E-state index in [1.807, 2.05) is 13.8 Å². The molecule has 150 valence electrons. The number of rotatable bonds is 11. The average molecular weight is 400 g/mol. The summed E-state index contributed by atoms with van der Waals surface area (Å²) >= 11 is 1.13. The van der Waals surface area contributed by atoms with Gasteiger partial charge in [-0.2, -0.15) is 30.7 Å². The van der Waals surface area contributed by atoms with Crippen LogP contribution >= 0.6 is 11.8 Å². The molecule has 0 radical (unpaired) electrons. The lowest BCUT2D eigenvalue weighted by Gasteiger charge is -2.28. The van der Waals surface area contributed by atoms with Crippen molar-refractivity contribution < 1.29 is 40.3 Å². The van der Waals surface area contributed by atoms with E-state index in [1.165, 1.54) is 0 Å². The number of carbonyl (C=O) groups excluding carboxylic acids is 1. The van der Waals surface area contributed by atoms with Crippen molar-refractivity contribution in [1.82, 2.24) is 0 Å². The van der Waals surface area contributed by atoms with Gasteiger partial charge in [-0.3, -0.25) is 4.79 Å². The van der Waals surface area contributed by atoms with Crippen LogP contribution in [-0.2, 0) is 9.53 Å². The number of unbranched alkanes of at least 4 members (excludes halogenated alkanes) is 1. The number of esters is 1. The Kier molecular flexibility index (Phi) is 9.61. The standard InChI is InChI=1S/C15H23F7O2S/c1-4-24-12(23)11(9-10(2)3)25-8-6-5-7-13(16,17)14(18,19)15(20,21)22/h10-11H,4-9H2,1-3H3. The molecule has 0 saturated carbocycles. The molecule has 1 atom stereocenters. The van der Waals surface area contributed by atoms with Gasteiger partial charge in [0, 0.05) is 6.42 Å².